The zero-order valence-electron chi connectivity index (χ0n) is 10.3. The molecule has 2 rings (SSSR count). The summed E-state index contributed by atoms with van der Waals surface area (Å²) in [5.74, 6) is 1.17. The molecular weight excluding hydrogens is 212 g/mol. The van der Waals surface area contributed by atoms with Gasteiger partial charge in [0.25, 0.3) is 0 Å². The number of benzene rings is 1. The van der Waals surface area contributed by atoms with Crippen LogP contribution in [0.3, 0.4) is 0 Å². The van der Waals surface area contributed by atoms with Gasteiger partial charge in [-0.2, -0.15) is 0 Å². The second-order valence-corrected chi connectivity index (χ2v) is 4.28. The van der Waals surface area contributed by atoms with E-state index in [1.807, 2.05) is 6.07 Å². The predicted molar refractivity (Wildman–Crippen MR) is 70.4 cm³/mol. The Labute approximate surface area is 102 Å². The molecule has 1 aromatic heterocycles. The van der Waals surface area contributed by atoms with Gasteiger partial charge in [-0.15, -0.1) is 0 Å². The number of nitrogens with zero attached hydrogens (tertiary/aromatic N) is 1. The summed E-state index contributed by atoms with van der Waals surface area (Å²) in [6, 6.07) is 8.41. The summed E-state index contributed by atoms with van der Waals surface area (Å²) in [6.07, 6.45) is 2.78. The molecule has 0 amide bonds. The Morgan fingerprint density at radius 2 is 2.18 bits per heavy atom. The summed E-state index contributed by atoms with van der Waals surface area (Å²) in [6.45, 7) is 2.92. The third-order valence-electron chi connectivity index (χ3n) is 3.11. The highest BCUT2D eigenvalue weighted by atomic mass is 16.5. The van der Waals surface area contributed by atoms with Gasteiger partial charge in [0.2, 0.25) is 5.88 Å². The van der Waals surface area contributed by atoms with E-state index in [-0.39, 0.29) is 0 Å². The molecule has 90 valence electrons. The van der Waals surface area contributed by atoms with Gasteiger partial charge >= 0.3 is 0 Å². The Kier molecular flexibility index (Phi) is 3.59. The molecule has 1 heterocycles. The highest BCUT2D eigenvalue weighted by Crippen LogP contribution is 2.27. The van der Waals surface area contributed by atoms with E-state index in [1.54, 1.807) is 13.3 Å². The minimum atomic E-state index is 0.489. The van der Waals surface area contributed by atoms with Crippen molar-refractivity contribution in [3.05, 3.63) is 36.0 Å². The average Bonchev–Trinajstić information content (AvgIpc) is 2.37. The van der Waals surface area contributed by atoms with Gasteiger partial charge < -0.3 is 10.5 Å². The summed E-state index contributed by atoms with van der Waals surface area (Å²) >= 11 is 0. The first-order valence-corrected chi connectivity index (χ1v) is 5.89. The zero-order chi connectivity index (χ0) is 12.3. The Hall–Kier alpha value is -1.61. The van der Waals surface area contributed by atoms with Crippen molar-refractivity contribution in [2.75, 3.05) is 13.7 Å². The minimum Gasteiger partial charge on any atom is -0.481 e. The van der Waals surface area contributed by atoms with Gasteiger partial charge in [0, 0.05) is 11.6 Å². The molecule has 0 bridgehead atoms. The molecule has 0 spiro atoms. The summed E-state index contributed by atoms with van der Waals surface area (Å²) in [7, 11) is 1.65. The lowest BCUT2D eigenvalue weighted by atomic mass is 9.96. The summed E-state index contributed by atoms with van der Waals surface area (Å²) < 4.78 is 5.24. The van der Waals surface area contributed by atoms with Crippen molar-refractivity contribution in [2.45, 2.75) is 19.3 Å². The van der Waals surface area contributed by atoms with E-state index in [9.17, 15) is 0 Å². The Balaban J connectivity index is 2.44. The lowest BCUT2D eigenvalue weighted by Gasteiger charge is -2.12. The van der Waals surface area contributed by atoms with Crippen molar-refractivity contribution in [1.82, 2.24) is 4.98 Å². The van der Waals surface area contributed by atoms with Gasteiger partial charge in [-0.1, -0.05) is 19.1 Å². The molecule has 3 nitrogen and oxygen atoms in total. The van der Waals surface area contributed by atoms with E-state index >= 15 is 0 Å². The van der Waals surface area contributed by atoms with Crippen LogP contribution < -0.4 is 10.5 Å². The van der Waals surface area contributed by atoms with Crippen molar-refractivity contribution in [2.24, 2.45) is 5.73 Å². The fourth-order valence-electron chi connectivity index (χ4n) is 2.05. The molecule has 0 saturated heterocycles. The van der Waals surface area contributed by atoms with Crippen LogP contribution in [0.15, 0.2) is 30.5 Å². The van der Waals surface area contributed by atoms with Crippen LogP contribution in [0, 0.1) is 0 Å². The van der Waals surface area contributed by atoms with Crippen molar-refractivity contribution >= 4 is 10.8 Å². The Morgan fingerprint density at radius 3 is 2.88 bits per heavy atom. The minimum absolute atomic E-state index is 0.489. The fourth-order valence-corrected chi connectivity index (χ4v) is 2.05. The monoisotopic (exact) mass is 230 g/mol. The van der Waals surface area contributed by atoms with Crippen LogP contribution in [0.2, 0.25) is 0 Å². The number of pyridine rings is 1. The molecule has 0 aliphatic rings. The third-order valence-corrected chi connectivity index (χ3v) is 3.11. The first kappa shape index (κ1) is 11.9. The first-order chi connectivity index (χ1) is 8.26. The maximum absolute atomic E-state index is 5.60. The lowest BCUT2D eigenvalue weighted by Crippen LogP contribution is -2.04. The summed E-state index contributed by atoms with van der Waals surface area (Å²) in [5, 5.41) is 2.22. The zero-order valence-corrected chi connectivity index (χ0v) is 10.3. The number of aromatic nitrogens is 1. The van der Waals surface area contributed by atoms with Gasteiger partial charge in [-0.3, -0.25) is 0 Å². The average molecular weight is 230 g/mol. The summed E-state index contributed by atoms with van der Waals surface area (Å²) in [5.41, 5.74) is 6.91. The fraction of sp³-hybridized carbons (Fsp3) is 0.357. The molecule has 1 aromatic carbocycles. The molecule has 0 aliphatic heterocycles. The number of methoxy groups -OCH3 is 1. The van der Waals surface area contributed by atoms with E-state index < -0.39 is 0 Å². The van der Waals surface area contributed by atoms with E-state index in [2.05, 4.69) is 30.1 Å². The van der Waals surface area contributed by atoms with Crippen LogP contribution in [0.1, 0.15) is 24.8 Å². The molecule has 0 aliphatic carbocycles. The van der Waals surface area contributed by atoms with Crippen LogP contribution in [-0.2, 0) is 0 Å². The predicted octanol–water partition coefficient (Wildman–Crippen LogP) is 2.70. The number of ether oxygens (including phenoxy) is 1. The number of hydrogen-bond donors (Lipinski definition) is 1. The van der Waals surface area contributed by atoms with Crippen LogP contribution >= 0.6 is 0 Å². The van der Waals surface area contributed by atoms with Gasteiger partial charge in [0.05, 0.1) is 7.11 Å². The molecule has 1 unspecified atom stereocenters. The number of fused-ring (bicyclic) bond motifs is 1. The number of nitrogens with two attached hydrogens (primary N) is 1. The van der Waals surface area contributed by atoms with Crippen molar-refractivity contribution in [1.29, 1.82) is 0 Å². The smallest absolute Gasteiger partial charge is 0.221 e. The summed E-state index contributed by atoms with van der Waals surface area (Å²) in [4.78, 5) is 4.19. The molecule has 0 fully saturated rings. The first-order valence-electron chi connectivity index (χ1n) is 5.89. The van der Waals surface area contributed by atoms with Crippen LogP contribution in [0.25, 0.3) is 10.8 Å². The molecule has 17 heavy (non-hydrogen) atoms. The lowest BCUT2D eigenvalue weighted by molar-refractivity contribution is 0.403. The standard InChI is InChI=1S/C14H18N2O/c1-10(5-7-15)11-3-4-13-12(9-11)6-8-16-14(13)17-2/h3-4,6,8-10H,5,7,15H2,1-2H3. The molecule has 0 radical (unpaired) electrons. The SMILES string of the molecule is COc1nccc2cc(C(C)CCN)ccc12. The van der Waals surface area contributed by atoms with Crippen molar-refractivity contribution in [3.8, 4) is 5.88 Å². The van der Waals surface area contributed by atoms with E-state index in [4.69, 9.17) is 10.5 Å². The Morgan fingerprint density at radius 1 is 1.35 bits per heavy atom. The molecule has 3 heteroatoms. The van der Waals surface area contributed by atoms with Crippen LogP contribution in [-0.4, -0.2) is 18.6 Å². The maximum Gasteiger partial charge on any atom is 0.221 e. The van der Waals surface area contributed by atoms with Gasteiger partial charge in [-0.05, 0) is 42.0 Å². The third kappa shape index (κ3) is 2.39. The Bertz CT molecular complexity index is 511. The second kappa shape index (κ2) is 5.15. The molecule has 0 saturated carbocycles. The van der Waals surface area contributed by atoms with Crippen molar-refractivity contribution in [3.63, 3.8) is 0 Å². The maximum atomic E-state index is 5.60. The van der Waals surface area contributed by atoms with Gasteiger partial charge in [-0.25, -0.2) is 4.98 Å². The van der Waals surface area contributed by atoms with Crippen LogP contribution in [0.5, 0.6) is 5.88 Å². The number of hydrogen-bond acceptors (Lipinski definition) is 3. The molecule has 2 N–H and O–H groups in total. The van der Waals surface area contributed by atoms with E-state index in [1.165, 1.54) is 10.9 Å². The largest absolute Gasteiger partial charge is 0.481 e. The molecule has 1 atom stereocenters. The number of rotatable bonds is 4. The topological polar surface area (TPSA) is 48.1 Å². The van der Waals surface area contributed by atoms with E-state index in [0.717, 1.165) is 18.4 Å². The van der Waals surface area contributed by atoms with Gasteiger partial charge in [0.15, 0.2) is 0 Å². The highest BCUT2D eigenvalue weighted by Gasteiger charge is 2.07. The van der Waals surface area contributed by atoms with Crippen molar-refractivity contribution < 1.29 is 4.74 Å². The highest BCUT2D eigenvalue weighted by molar-refractivity contribution is 5.87. The van der Waals surface area contributed by atoms with Gasteiger partial charge in [0.1, 0.15) is 0 Å². The quantitative estimate of drug-likeness (QED) is 0.878. The van der Waals surface area contributed by atoms with E-state index in [0.29, 0.717) is 11.8 Å². The normalized spacial score (nSPS) is 12.6. The molecular formula is C14H18N2O. The second-order valence-electron chi connectivity index (χ2n) is 4.28. The molecule has 2 aromatic rings. The van der Waals surface area contributed by atoms with Crippen LogP contribution in [0.4, 0.5) is 0 Å².